The molecule has 18 heteroatoms. The third-order valence-electron chi connectivity index (χ3n) is 2.23. The summed E-state index contributed by atoms with van der Waals surface area (Å²) in [7, 11) is -3.89. The highest BCUT2D eigenvalue weighted by Gasteiger charge is 2.37. The van der Waals surface area contributed by atoms with E-state index >= 15 is 0 Å². The number of benzene rings is 1. The van der Waals surface area contributed by atoms with Crippen molar-refractivity contribution in [3.05, 3.63) is 52.6 Å². The molecule has 0 heterocycles. The van der Waals surface area contributed by atoms with E-state index in [1.165, 1.54) is 0 Å². The lowest BCUT2D eigenvalue weighted by molar-refractivity contribution is -0.493. The fraction of sp³-hybridized carbons (Fsp3) is 0.143. The molecule has 1 rings (SSSR count). The molecule has 0 spiro atoms. The van der Waals surface area contributed by atoms with Gasteiger partial charge in [0.1, 0.15) is 0 Å². The van der Waals surface area contributed by atoms with Crippen LogP contribution in [0.5, 0.6) is 0 Å². The summed E-state index contributed by atoms with van der Waals surface area (Å²) in [6.07, 6.45) is 0. The Morgan fingerprint density at radius 2 is 1.20 bits per heavy atom. The predicted molar refractivity (Wildman–Crippen MR) is 76.1 cm³/mol. The normalized spacial score (nSPS) is 10.2. The summed E-state index contributed by atoms with van der Waals surface area (Å²) in [5.41, 5.74) is -4.07. The molecule has 1 aromatic rings. The molecular weight excluding hydrogens is 377 g/mol. The summed E-state index contributed by atoms with van der Waals surface area (Å²) in [6, 6.07) is 0.838. The molecule has 25 heavy (non-hydrogen) atoms. The topological polar surface area (TPSA) is 254 Å². The second-order valence-corrected chi connectivity index (χ2v) is 4.91. The van der Waals surface area contributed by atoms with Crippen molar-refractivity contribution in [2.45, 2.75) is 0 Å². The largest absolute Gasteiger partial charge is 0.466 e. The van der Waals surface area contributed by atoms with Gasteiger partial charge < -0.3 is 14.7 Å². The number of nitro groups is 4. The van der Waals surface area contributed by atoms with Gasteiger partial charge in [-0.1, -0.05) is 5.01 Å². The molecule has 3 N–H and O–H groups in total. The number of anilines is 1. The summed E-state index contributed by atoms with van der Waals surface area (Å²) >= 11 is 0. The Bertz CT molecular complexity index is 730. The number of phosphoric acid groups is 1. The molecule has 0 fully saturated rings. The molecule has 0 amide bonds. The molecule has 0 aromatic heterocycles. The number of hydrogen-bond donors (Lipinski definition) is 3. The standard InChI is InChI=1S/C7H5N5O8.H3O4P/c1-8(12(19)20)7-5(10(15)16)2-4(9(13)14)3-6(7)11(17)18;1-5(2,3)4/h2-3H,1H3;(H3,1,2,3,4). The van der Waals surface area contributed by atoms with Gasteiger partial charge in [0.2, 0.25) is 0 Å². The van der Waals surface area contributed by atoms with Crippen molar-refractivity contribution in [3.63, 3.8) is 0 Å². The number of hydrazine groups is 1. The summed E-state index contributed by atoms with van der Waals surface area (Å²) in [6.45, 7) is 0. The molecule has 0 unspecified atom stereocenters. The number of non-ortho nitro benzene ring substituents is 1. The first-order chi connectivity index (χ1) is 11.2. The van der Waals surface area contributed by atoms with E-state index in [4.69, 9.17) is 19.2 Å². The van der Waals surface area contributed by atoms with E-state index in [0.717, 1.165) is 7.05 Å². The van der Waals surface area contributed by atoms with Gasteiger partial charge in [-0.3, -0.25) is 30.3 Å². The molecule has 0 atom stereocenters. The molecule has 17 nitrogen and oxygen atoms in total. The van der Waals surface area contributed by atoms with Crippen molar-refractivity contribution >= 4 is 30.6 Å². The van der Waals surface area contributed by atoms with Crippen molar-refractivity contribution in [2.75, 3.05) is 12.1 Å². The molecule has 138 valence electrons. The molecule has 0 saturated heterocycles. The first kappa shape index (κ1) is 21.7. The zero-order chi connectivity index (χ0) is 20.1. The van der Waals surface area contributed by atoms with Gasteiger partial charge in [0.05, 0.1) is 34.0 Å². The van der Waals surface area contributed by atoms with Crippen LogP contribution in [0.25, 0.3) is 0 Å². The van der Waals surface area contributed by atoms with E-state index < -0.39 is 50.4 Å². The van der Waals surface area contributed by atoms with E-state index in [0.29, 0.717) is 12.1 Å². The van der Waals surface area contributed by atoms with Gasteiger partial charge in [0.25, 0.3) is 11.4 Å². The van der Waals surface area contributed by atoms with E-state index in [1.54, 1.807) is 0 Å². The summed E-state index contributed by atoms with van der Waals surface area (Å²) in [4.78, 5) is 61.0. The number of nitrogens with zero attached hydrogens (tertiary/aromatic N) is 5. The first-order valence-corrected chi connectivity index (χ1v) is 7.00. The Morgan fingerprint density at radius 1 is 0.880 bits per heavy atom. The Balaban J connectivity index is 0.00000101. The van der Waals surface area contributed by atoms with Crippen molar-refractivity contribution < 1.29 is 39.0 Å². The average Bonchev–Trinajstić information content (AvgIpc) is 2.42. The van der Waals surface area contributed by atoms with Gasteiger partial charge in [-0.05, 0) is 0 Å². The van der Waals surface area contributed by atoms with Crippen LogP contribution in [0.4, 0.5) is 22.7 Å². The number of hydrogen-bond acceptors (Lipinski definition) is 9. The van der Waals surface area contributed by atoms with Crippen LogP contribution in [-0.4, -0.2) is 41.5 Å². The van der Waals surface area contributed by atoms with Crippen LogP contribution < -0.4 is 5.01 Å². The lowest BCUT2D eigenvalue weighted by Gasteiger charge is -2.08. The molecular formula is C7H8N5O12P. The van der Waals surface area contributed by atoms with Gasteiger partial charge in [-0.2, -0.15) is 0 Å². The van der Waals surface area contributed by atoms with Crippen LogP contribution in [0, 0.1) is 40.5 Å². The monoisotopic (exact) mass is 385 g/mol. The maximum absolute atomic E-state index is 10.8. The van der Waals surface area contributed by atoms with Gasteiger partial charge in [0, 0.05) is 0 Å². The van der Waals surface area contributed by atoms with Crippen molar-refractivity contribution in [1.82, 2.24) is 0 Å². The minimum Gasteiger partial charge on any atom is -0.303 e. The zero-order valence-electron chi connectivity index (χ0n) is 11.9. The molecule has 0 aliphatic carbocycles. The van der Waals surface area contributed by atoms with Crippen LogP contribution in [0.15, 0.2) is 12.1 Å². The Morgan fingerprint density at radius 3 is 1.40 bits per heavy atom. The van der Waals surface area contributed by atoms with Crippen molar-refractivity contribution in [2.24, 2.45) is 0 Å². The molecule has 0 aliphatic rings. The molecule has 0 bridgehead atoms. The molecule has 0 radical (unpaired) electrons. The third kappa shape index (κ3) is 6.79. The Kier molecular flexibility index (Phi) is 6.97. The summed E-state index contributed by atoms with van der Waals surface area (Å²) in [5, 5.41) is 41.7. The molecule has 0 aliphatic heterocycles. The van der Waals surface area contributed by atoms with E-state index in [1.807, 2.05) is 0 Å². The van der Waals surface area contributed by atoms with Gasteiger partial charge >= 0.3 is 19.2 Å². The summed E-state index contributed by atoms with van der Waals surface area (Å²) < 4.78 is 8.88. The smallest absolute Gasteiger partial charge is 0.303 e. The lowest BCUT2D eigenvalue weighted by Crippen LogP contribution is -2.26. The Labute approximate surface area is 135 Å². The van der Waals surface area contributed by atoms with Crippen LogP contribution in [-0.2, 0) is 4.57 Å². The molecule has 0 saturated carbocycles. The molecule has 1 aromatic carbocycles. The highest BCUT2D eigenvalue weighted by Crippen LogP contribution is 2.40. The van der Waals surface area contributed by atoms with Crippen molar-refractivity contribution in [3.8, 4) is 0 Å². The van der Waals surface area contributed by atoms with Gasteiger partial charge in [-0.15, -0.1) is 0 Å². The fourth-order valence-electron chi connectivity index (χ4n) is 1.39. The lowest BCUT2D eigenvalue weighted by atomic mass is 10.2. The second kappa shape index (κ2) is 8.02. The van der Waals surface area contributed by atoms with Crippen LogP contribution >= 0.6 is 7.82 Å². The third-order valence-corrected chi connectivity index (χ3v) is 2.23. The minimum atomic E-state index is -4.64. The van der Waals surface area contributed by atoms with Crippen molar-refractivity contribution in [1.29, 1.82) is 0 Å². The average molecular weight is 385 g/mol. The number of nitro benzene ring substituents is 3. The minimum absolute atomic E-state index is 0.0555. The predicted octanol–water partition coefficient (Wildman–Crippen LogP) is 0.110. The van der Waals surface area contributed by atoms with E-state index in [2.05, 4.69) is 0 Å². The second-order valence-electron chi connectivity index (χ2n) is 3.88. The highest BCUT2D eigenvalue weighted by molar-refractivity contribution is 7.45. The van der Waals surface area contributed by atoms with Gasteiger partial charge in [-0.25, -0.2) is 14.7 Å². The summed E-state index contributed by atoms with van der Waals surface area (Å²) in [5.74, 6) is 0. The van der Waals surface area contributed by atoms with Crippen LogP contribution in [0.1, 0.15) is 0 Å². The number of rotatable bonds is 5. The van der Waals surface area contributed by atoms with E-state index in [9.17, 15) is 40.5 Å². The van der Waals surface area contributed by atoms with E-state index in [-0.39, 0.29) is 5.01 Å². The quantitative estimate of drug-likeness (QED) is 0.346. The van der Waals surface area contributed by atoms with Crippen LogP contribution in [0.3, 0.4) is 0 Å². The maximum atomic E-state index is 10.8. The zero-order valence-corrected chi connectivity index (χ0v) is 12.7. The van der Waals surface area contributed by atoms with Gasteiger partial charge in [0.15, 0.2) is 5.03 Å². The van der Waals surface area contributed by atoms with Crippen LogP contribution in [0.2, 0.25) is 0 Å². The fourth-order valence-corrected chi connectivity index (χ4v) is 1.39. The maximum Gasteiger partial charge on any atom is 0.466 e. The highest BCUT2D eigenvalue weighted by atomic mass is 31.2. The first-order valence-electron chi connectivity index (χ1n) is 5.44. The Hall–Kier alpha value is -3.27. The SMILES string of the molecule is CN(c1c([N+](=O)[O-])cc([N+](=O)[O-])cc1[N+](=O)[O-])[N+](=O)[O-].O=P(O)(O)O.